The molecule has 0 radical (unpaired) electrons. The molecule has 1 unspecified atom stereocenters. The van der Waals surface area contributed by atoms with Crippen LogP contribution in [0.15, 0.2) is 42.5 Å². The molecule has 1 atom stereocenters. The SMILES string of the molecule is CNC(c1ccc(C)cc1)c1ccc(F)cc1Cl. The molecular weight excluding hydrogens is 249 g/mol. The molecule has 0 saturated carbocycles. The van der Waals surface area contributed by atoms with Gasteiger partial charge in [0.05, 0.1) is 6.04 Å². The summed E-state index contributed by atoms with van der Waals surface area (Å²) in [5.41, 5.74) is 3.19. The third-order valence-corrected chi connectivity index (χ3v) is 3.30. The second-order valence-corrected chi connectivity index (χ2v) is 4.71. The first-order valence-electron chi connectivity index (χ1n) is 5.80. The number of rotatable bonds is 3. The summed E-state index contributed by atoms with van der Waals surface area (Å²) in [4.78, 5) is 0. The Bertz CT molecular complexity index is 537. The molecule has 0 fully saturated rings. The van der Waals surface area contributed by atoms with Crippen molar-refractivity contribution in [1.29, 1.82) is 0 Å². The van der Waals surface area contributed by atoms with Crippen molar-refractivity contribution in [1.82, 2.24) is 5.32 Å². The lowest BCUT2D eigenvalue weighted by Gasteiger charge is -2.18. The van der Waals surface area contributed by atoms with Crippen molar-refractivity contribution in [3.8, 4) is 0 Å². The normalized spacial score (nSPS) is 12.4. The van der Waals surface area contributed by atoms with E-state index in [1.165, 1.54) is 17.7 Å². The van der Waals surface area contributed by atoms with E-state index >= 15 is 0 Å². The van der Waals surface area contributed by atoms with Crippen molar-refractivity contribution in [2.45, 2.75) is 13.0 Å². The highest BCUT2D eigenvalue weighted by atomic mass is 35.5. The molecule has 2 rings (SSSR count). The van der Waals surface area contributed by atoms with Crippen LogP contribution in [0.25, 0.3) is 0 Å². The number of aryl methyl sites for hydroxylation is 1. The molecule has 3 heteroatoms. The highest BCUT2D eigenvalue weighted by Crippen LogP contribution is 2.28. The maximum Gasteiger partial charge on any atom is 0.124 e. The van der Waals surface area contributed by atoms with Crippen molar-refractivity contribution in [2.24, 2.45) is 0 Å². The molecular formula is C15H15ClFN. The third kappa shape index (κ3) is 2.71. The van der Waals surface area contributed by atoms with Gasteiger partial charge < -0.3 is 5.32 Å². The minimum absolute atomic E-state index is 0.0290. The summed E-state index contributed by atoms with van der Waals surface area (Å²) < 4.78 is 13.1. The van der Waals surface area contributed by atoms with Gasteiger partial charge in [-0.25, -0.2) is 4.39 Å². The van der Waals surface area contributed by atoms with E-state index in [0.717, 1.165) is 11.1 Å². The largest absolute Gasteiger partial charge is 0.309 e. The minimum Gasteiger partial charge on any atom is -0.309 e. The average Bonchev–Trinajstić information content (AvgIpc) is 2.35. The van der Waals surface area contributed by atoms with Gasteiger partial charge in [0.25, 0.3) is 0 Å². The smallest absolute Gasteiger partial charge is 0.124 e. The Hall–Kier alpha value is -1.38. The summed E-state index contributed by atoms with van der Waals surface area (Å²) in [6.07, 6.45) is 0. The zero-order chi connectivity index (χ0) is 13.1. The van der Waals surface area contributed by atoms with Crippen LogP contribution < -0.4 is 5.32 Å². The molecule has 2 aromatic rings. The van der Waals surface area contributed by atoms with E-state index in [0.29, 0.717) is 5.02 Å². The first kappa shape index (κ1) is 13.1. The molecule has 0 spiro atoms. The Balaban J connectivity index is 2.41. The Morgan fingerprint density at radius 3 is 2.33 bits per heavy atom. The van der Waals surface area contributed by atoms with Crippen LogP contribution >= 0.6 is 11.6 Å². The van der Waals surface area contributed by atoms with Crippen LogP contribution in [0.1, 0.15) is 22.7 Å². The van der Waals surface area contributed by atoms with Crippen molar-refractivity contribution < 1.29 is 4.39 Å². The Morgan fingerprint density at radius 2 is 1.78 bits per heavy atom. The van der Waals surface area contributed by atoms with E-state index in [-0.39, 0.29) is 11.9 Å². The standard InChI is InChI=1S/C15H15ClFN/c1-10-3-5-11(6-4-10)15(18-2)13-8-7-12(17)9-14(13)16/h3-9,15,18H,1-2H3. The maximum absolute atomic E-state index is 13.1. The van der Waals surface area contributed by atoms with Gasteiger partial charge in [-0.05, 0) is 37.2 Å². The fraction of sp³-hybridized carbons (Fsp3) is 0.200. The predicted molar refractivity (Wildman–Crippen MR) is 73.5 cm³/mol. The molecule has 0 aliphatic carbocycles. The van der Waals surface area contributed by atoms with Crippen molar-refractivity contribution >= 4 is 11.6 Å². The van der Waals surface area contributed by atoms with E-state index in [9.17, 15) is 4.39 Å². The van der Waals surface area contributed by atoms with Gasteiger partial charge in [-0.15, -0.1) is 0 Å². The van der Waals surface area contributed by atoms with Gasteiger partial charge >= 0.3 is 0 Å². The zero-order valence-corrected chi connectivity index (χ0v) is 11.1. The fourth-order valence-electron chi connectivity index (χ4n) is 2.00. The second-order valence-electron chi connectivity index (χ2n) is 4.30. The summed E-state index contributed by atoms with van der Waals surface area (Å²) in [6.45, 7) is 2.04. The topological polar surface area (TPSA) is 12.0 Å². The number of halogens is 2. The Labute approximate surface area is 112 Å². The van der Waals surface area contributed by atoms with Crippen LogP contribution in [0.5, 0.6) is 0 Å². The lowest BCUT2D eigenvalue weighted by atomic mass is 9.98. The molecule has 0 aliphatic rings. The van der Waals surface area contributed by atoms with Gasteiger partial charge in [0.2, 0.25) is 0 Å². The van der Waals surface area contributed by atoms with Crippen LogP contribution in [0.4, 0.5) is 4.39 Å². The van der Waals surface area contributed by atoms with E-state index in [2.05, 4.69) is 29.6 Å². The molecule has 2 aromatic carbocycles. The fourth-order valence-corrected chi connectivity index (χ4v) is 2.27. The third-order valence-electron chi connectivity index (χ3n) is 2.97. The Kier molecular flexibility index (Phi) is 4.00. The predicted octanol–water partition coefficient (Wildman–Crippen LogP) is 4.10. The molecule has 18 heavy (non-hydrogen) atoms. The van der Waals surface area contributed by atoms with Gasteiger partial charge in [-0.2, -0.15) is 0 Å². The van der Waals surface area contributed by atoms with Gasteiger partial charge in [-0.1, -0.05) is 47.5 Å². The molecule has 94 valence electrons. The van der Waals surface area contributed by atoms with Crippen molar-refractivity contribution in [2.75, 3.05) is 7.05 Å². The first-order valence-corrected chi connectivity index (χ1v) is 6.18. The maximum atomic E-state index is 13.1. The van der Waals surface area contributed by atoms with Crippen LogP contribution in [0, 0.1) is 12.7 Å². The van der Waals surface area contributed by atoms with Gasteiger partial charge in [0, 0.05) is 5.02 Å². The molecule has 0 bridgehead atoms. The van der Waals surface area contributed by atoms with E-state index in [1.807, 2.05) is 14.0 Å². The minimum atomic E-state index is -0.317. The van der Waals surface area contributed by atoms with Crippen LogP contribution in [0.2, 0.25) is 5.02 Å². The monoisotopic (exact) mass is 263 g/mol. The van der Waals surface area contributed by atoms with E-state index in [4.69, 9.17) is 11.6 Å². The summed E-state index contributed by atoms with van der Waals surface area (Å²) in [5, 5.41) is 3.65. The molecule has 0 heterocycles. The molecule has 1 nitrogen and oxygen atoms in total. The van der Waals surface area contributed by atoms with E-state index in [1.54, 1.807) is 6.07 Å². The summed E-state index contributed by atoms with van der Waals surface area (Å²) in [6, 6.07) is 12.7. The number of nitrogens with one attached hydrogen (secondary N) is 1. The number of hydrogen-bond donors (Lipinski definition) is 1. The van der Waals surface area contributed by atoms with Crippen LogP contribution in [-0.2, 0) is 0 Å². The zero-order valence-electron chi connectivity index (χ0n) is 10.4. The van der Waals surface area contributed by atoms with Gasteiger partial charge in [0.15, 0.2) is 0 Å². The van der Waals surface area contributed by atoms with Crippen LogP contribution in [0.3, 0.4) is 0 Å². The molecule has 0 aliphatic heterocycles. The van der Waals surface area contributed by atoms with Gasteiger partial charge in [0.1, 0.15) is 5.82 Å². The molecule has 0 aromatic heterocycles. The van der Waals surface area contributed by atoms with E-state index < -0.39 is 0 Å². The lowest BCUT2D eigenvalue weighted by Crippen LogP contribution is -2.18. The average molecular weight is 264 g/mol. The van der Waals surface area contributed by atoms with Crippen molar-refractivity contribution in [3.05, 3.63) is 70.0 Å². The molecule has 0 saturated heterocycles. The highest BCUT2D eigenvalue weighted by Gasteiger charge is 2.15. The highest BCUT2D eigenvalue weighted by molar-refractivity contribution is 6.31. The lowest BCUT2D eigenvalue weighted by molar-refractivity contribution is 0.623. The number of hydrogen-bond acceptors (Lipinski definition) is 1. The number of benzene rings is 2. The summed E-state index contributed by atoms with van der Waals surface area (Å²) >= 11 is 6.10. The van der Waals surface area contributed by atoms with Gasteiger partial charge in [-0.3, -0.25) is 0 Å². The Morgan fingerprint density at radius 1 is 1.11 bits per heavy atom. The first-order chi connectivity index (χ1) is 8.61. The summed E-state index contributed by atoms with van der Waals surface area (Å²) in [5.74, 6) is -0.317. The second kappa shape index (κ2) is 5.51. The van der Waals surface area contributed by atoms with Crippen LogP contribution in [-0.4, -0.2) is 7.05 Å². The molecule has 1 N–H and O–H groups in total. The molecule has 0 amide bonds. The van der Waals surface area contributed by atoms with Crippen molar-refractivity contribution in [3.63, 3.8) is 0 Å². The summed E-state index contributed by atoms with van der Waals surface area (Å²) in [7, 11) is 1.87. The quantitative estimate of drug-likeness (QED) is 0.879.